The summed E-state index contributed by atoms with van der Waals surface area (Å²) in [5.41, 5.74) is 0.559. The van der Waals surface area contributed by atoms with E-state index in [1.807, 2.05) is 6.07 Å². The summed E-state index contributed by atoms with van der Waals surface area (Å²) >= 11 is 1.01. The van der Waals surface area contributed by atoms with Gasteiger partial charge in [0.25, 0.3) is 5.56 Å². The van der Waals surface area contributed by atoms with Gasteiger partial charge < -0.3 is 14.6 Å². The van der Waals surface area contributed by atoms with Crippen molar-refractivity contribution in [1.29, 1.82) is 0 Å². The Balaban J connectivity index is 1.82. The van der Waals surface area contributed by atoms with Gasteiger partial charge in [0.05, 0.1) is 40.5 Å². The third-order valence-corrected chi connectivity index (χ3v) is 7.33. The van der Waals surface area contributed by atoms with E-state index < -0.39 is 39.7 Å². The number of methoxy groups -OCH3 is 1. The second kappa shape index (κ2) is 11.2. The molecule has 208 valence electrons. The van der Waals surface area contributed by atoms with Gasteiger partial charge in [-0.1, -0.05) is 53.8 Å². The molecule has 12 heteroatoms. The number of hydrogen-bond acceptors (Lipinski definition) is 9. The average Bonchev–Trinajstić information content (AvgIpc) is 3.28. The van der Waals surface area contributed by atoms with Crippen molar-refractivity contribution in [1.82, 2.24) is 4.57 Å². The number of phenolic OH excluding ortho intramolecular Hbond substituents is 1. The number of carbonyl (C=O) groups is 1. The van der Waals surface area contributed by atoms with Crippen molar-refractivity contribution < 1.29 is 28.7 Å². The standard InChI is InChI=1S/C29H22FN3O7S/c1-3-40-28(36)23-24(17-7-5-4-6-8-17)31-29-32(25(23)18-9-11-19(30)12-10-18)27(35)22(41-29)15-16-13-20(33(37)38)26(34)21(14-16)39-2/h4-15,25,34H,3H2,1-2H3/b22-15-/t25-/m0/s1. The second-order valence-corrected chi connectivity index (χ2v) is 9.84. The van der Waals surface area contributed by atoms with Crippen LogP contribution < -0.4 is 19.6 Å². The van der Waals surface area contributed by atoms with E-state index in [1.54, 1.807) is 31.2 Å². The van der Waals surface area contributed by atoms with Gasteiger partial charge in [0.15, 0.2) is 10.6 Å². The number of nitrogens with zero attached hydrogens (tertiary/aromatic N) is 3. The van der Waals surface area contributed by atoms with Crippen molar-refractivity contribution >= 4 is 34.8 Å². The molecule has 0 amide bonds. The third-order valence-electron chi connectivity index (χ3n) is 6.35. The number of esters is 1. The lowest BCUT2D eigenvalue weighted by atomic mass is 9.93. The summed E-state index contributed by atoms with van der Waals surface area (Å²) in [7, 11) is 1.25. The number of halogens is 1. The molecule has 1 aliphatic rings. The number of nitro benzene ring substituents is 1. The molecule has 0 fully saturated rings. The molecule has 0 saturated carbocycles. The summed E-state index contributed by atoms with van der Waals surface area (Å²) < 4.78 is 25.8. The van der Waals surface area contributed by atoms with Crippen LogP contribution in [-0.2, 0) is 9.53 Å². The number of aromatic nitrogens is 1. The quantitative estimate of drug-likeness (QED) is 0.202. The first-order valence-electron chi connectivity index (χ1n) is 12.3. The fourth-order valence-corrected chi connectivity index (χ4v) is 5.55. The Morgan fingerprint density at radius 1 is 1.20 bits per heavy atom. The van der Waals surface area contributed by atoms with Crippen molar-refractivity contribution in [3.63, 3.8) is 0 Å². The minimum atomic E-state index is -1.01. The molecule has 0 saturated heterocycles. The van der Waals surface area contributed by atoms with E-state index in [4.69, 9.17) is 14.5 Å². The first kappa shape index (κ1) is 27.5. The zero-order valence-corrected chi connectivity index (χ0v) is 22.6. The smallest absolute Gasteiger partial charge is 0.338 e. The molecule has 0 radical (unpaired) electrons. The second-order valence-electron chi connectivity index (χ2n) is 8.83. The Bertz CT molecular complexity index is 1880. The molecule has 1 aliphatic heterocycles. The summed E-state index contributed by atoms with van der Waals surface area (Å²) in [5.74, 6) is -1.95. The number of hydrogen-bond donors (Lipinski definition) is 1. The number of fused-ring (bicyclic) bond motifs is 1. The molecule has 10 nitrogen and oxygen atoms in total. The van der Waals surface area contributed by atoms with Gasteiger partial charge in [-0.3, -0.25) is 19.5 Å². The summed E-state index contributed by atoms with van der Waals surface area (Å²) in [6.45, 7) is 1.74. The molecule has 1 atom stereocenters. The maximum Gasteiger partial charge on any atom is 0.338 e. The number of rotatable bonds is 7. The fourth-order valence-electron chi connectivity index (χ4n) is 4.54. The van der Waals surface area contributed by atoms with E-state index in [0.29, 0.717) is 16.8 Å². The fraction of sp³-hybridized carbons (Fsp3) is 0.138. The molecular formula is C29H22FN3O7S. The maximum atomic E-state index is 13.9. The number of benzene rings is 3. The van der Waals surface area contributed by atoms with Crippen LogP contribution in [0.5, 0.6) is 11.5 Å². The van der Waals surface area contributed by atoms with Crippen LogP contribution in [0.15, 0.2) is 82.1 Å². The number of nitro groups is 1. The van der Waals surface area contributed by atoms with Crippen LogP contribution >= 0.6 is 11.3 Å². The Kier molecular flexibility index (Phi) is 7.49. The summed E-state index contributed by atoms with van der Waals surface area (Å²) in [5, 5.41) is 21.6. The van der Waals surface area contributed by atoms with Crippen molar-refractivity contribution in [2.75, 3.05) is 13.7 Å². The zero-order chi connectivity index (χ0) is 29.3. The molecular weight excluding hydrogens is 553 g/mol. The molecule has 1 N–H and O–H groups in total. The van der Waals surface area contributed by atoms with Gasteiger partial charge >= 0.3 is 11.7 Å². The number of aromatic hydroxyl groups is 1. The van der Waals surface area contributed by atoms with E-state index >= 15 is 0 Å². The SMILES string of the molecule is CCOC(=O)C1=C(c2ccccc2)N=c2s/c(=C\c3cc(OC)c(O)c([N+](=O)[O-])c3)c(=O)n2[C@H]1c1ccc(F)cc1. The Labute approximate surface area is 235 Å². The molecule has 0 unspecified atom stereocenters. The van der Waals surface area contributed by atoms with Crippen molar-refractivity contribution in [2.45, 2.75) is 13.0 Å². The Morgan fingerprint density at radius 2 is 1.90 bits per heavy atom. The predicted octanol–water partition coefficient (Wildman–Crippen LogP) is 3.70. The summed E-state index contributed by atoms with van der Waals surface area (Å²) in [6, 6.07) is 15.8. The third kappa shape index (κ3) is 5.12. The highest BCUT2D eigenvalue weighted by Gasteiger charge is 2.35. The van der Waals surface area contributed by atoms with Crippen LogP contribution in [0.3, 0.4) is 0 Å². The van der Waals surface area contributed by atoms with Gasteiger partial charge in [0.1, 0.15) is 5.82 Å². The highest BCUT2D eigenvalue weighted by molar-refractivity contribution is 7.07. The minimum absolute atomic E-state index is 0.0758. The van der Waals surface area contributed by atoms with E-state index in [9.17, 15) is 29.2 Å². The lowest BCUT2D eigenvalue weighted by Gasteiger charge is -2.25. The molecule has 0 aliphatic carbocycles. The molecule has 5 rings (SSSR count). The van der Waals surface area contributed by atoms with Gasteiger partial charge in [-0.2, -0.15) is 0 Å². The van der Waals surface area contributed by atoms with Crippen LogP contribution in [0.1, 0.15) is 29.7 Å². The highest BCUT2D eigenvalue weighted by atomic mass is 32.1. The van der Waals surface area contributed by atoms with Crippen LogP contribution in [0.4, 0.5) is 10.1 Å². The van der Waals surface area contributed by atoms with E-state index in [1.165, 1.54) is 48.1 Å². The Morgan fingerprint density at radius 3 is 2.54 bits per heavy atom. The van der Waals surface area contributed by atoms with Crippen LogP contribution in [0, 0.1) is 15.9 Å². The molecule has 3 aromatic carbocycles. The first-order valence-corrected chi connectivity index (χ1v) is 13.1. The van der Waals surface area contributed by atoms with Crippen LogP contribution in [0.2, 0.25) is 0 Å². The van der Waals surface area contributed by atoms with E-state index in [2.05, 4.69) is 0 Å². The monoisotopic (exact) mass is 575 g/mol. The summed E-state index contributed by atoms with van der Waals surface area (Å²) in [6.07, 6.45) is 1.41. The van der Waals surface area contributed by atoms with Gasteiger partial charge in [0.2, 0.25) is 5.75 Å². The van der Waals surface area contributed by atoms with Gasteiger partial charge in [-0.15, -0.1) is 0 Å². The average molecular weight is 576 g/mol. The molecule has 1 aromatic heterocycles. The molecule has 0 bridgehead atoms. The molecule has 0 spiro atoms. The normalized spacial score (nSPS) is 14.8. The number of phenols is 1. The van der Waals surface area contributed by atoms with Crippen LogP contribution in [0.25, 0.3) is 11.8 Å². The van der Waals surface area contributed by atoms with Gasteiger partial charge in [-0.25, -0.2) is 14.2 Å². The van der Waals surface area contributed by atoms with Crippen LogP contribution in [-0.4, -0.2) is 34.3 Å². The van der Waals surface area contributed by atoms with Crippen molar-refractivity contribution in [2.24, 2.45) is 4.99 Å². The largest absolute Gasteiger partial charge is 0.500 e. The molecule has 4 aromatic rings. The lowest BCUT2D eigenvalue weighted by Crippen LogP contribution is -2.40. The van der Waals surface area contributed by atoms with Crippen molar-refractivity contribution in [3.8, 4) is 11.5 Å². The molecule has 2 heterocycles. The highest BCUT2D eigenvalue weighted by Crippen LogP contribution is 2.37. The van der Waals surface area contributed by atoms with E-state index in [-0.39, 0.29) is 32.8 Å². The number of thiazole rings is 1. The van der Waals surface area contributed by atoms with Gasteiger partial charge in [-0.05, 0) is 42.3 Å². The van der Waals surface area contributed by atoms with Gasteiger partial charge in [0, 0.05) is 11.6 Å². The number of carbonyl (C=O) groups excluding carboxylic acids is 1. The molecule has 41 heavy (non-hydrogen) atoms. The maximum absolute atomic E-state index is 13.9. The Hall–Kier alpha value is -5.10. The first-order chi connectivity index (χ1) is 19.7. The topological polar surface area (TPSA) is 133 Å². The predicted molar refractivity (Wildman–Crippen MR) is 149 cm³/mol. The lowest BCUT2D eigenvalue weighted by molar-refractivity contribution is -0.386. The summed E-state index contributed by atoms with van der Waals surface area (Å²) in [4.78, 5) is 43.0. The van der Waals surface area contributed by atoms with Crippen molar-refractivity contribution in [3.05, 3.63) is 125 Å². The van der Waals surface area contributed by atoms with E-state index in [0.717, 1.165) is 17.4 Å². The minimum Gasteiger partial charge on any atom is -0.500 e. The zero-order valence-electron chi connectivity index (χ0n) is 21.7. The number of ether oxygens (including phenoxy) is 2.